The summed E-state index contributed by atoms with van der Waals surface area (Å²) in [6.07, 6.45) is 1.44. The Hall–Kier alpha value is -2.32. The molecule has 8 heteroatoms. The van der Waals surface area contributed by atoms with Gasteiger partial charge in [0.05, 0.1) is 23.3 Å². The van der Waals surface area contributed by atoms with Gasteiger partial charge >= 0.3 is 5.97 Å². The van der Waals surface area contributed by atoms with Gasteiger partial charge < -0.3 is 14.8 Å². The van der Waals surface area contributed by atoms with E-state index in [9.17, 15) is 13.2 Å². The maximum atomic E-state index is 12.1. The third-order valence-electron chi connectivity index (χ3n) is 2.82. The lowest BCUT2D eigenvalue weighted by Gasteiger charge is -2.09. The first-order valence-electron chi connectivity index (χ1n) is 6.01. The molecular weight excluding hydrogens is 296 g/mol. The minimum atomic E-state index is -3.82. The number of carboxylic acids is 1. The van der Waals surface area contributed by atoms with Crippen LogP contribution in [0.1, 0.15) is 16.1 Å². The fourth-order valence-electron chi connectivity index (χ4n) is 1.75. The van der Waals surface area contributed by atoms with Crippen LogP contribution in [0.15, 0.2) is 45.9 Å². The Balaban J connectivity index is 2.27. The average Bonchev–Trinajstić information content (AvgIpc) is 2.97. The molecule has 0 aliphatic rings. The maximum Gasteiger partial charge on any atom is 0.337 e. The van der Waals surface area contributed by atoms with Gasteiger partial charge in [0.1, 0.15) is 5.76 Å². The van der Waals surface area contributed by atoms with Crippen molar-refractivity contribution < 1.29 is 22.7 Å². The lowest BCUT2D eigenvalue weighted by atomic mass is 10.2. The number of hydrogen-bond acceptors (Lipinski definition) is 5. The lowest BCUT2D eigenvalue weighted by Crippen LogP contribution is -2.23. The first kappa shape index (κ1) is 15.1. The predicted octanol–water partition coefficient (Wildman–Crippen LogP) is 1.50. The van der Waals surface area contributed by atoms with Gasteiger partial charge in [-0.1, -0.05) is 0 Å². The van der Waals surface area contributed by atoms with Crippen LogP contribution in [-0.4, -0.2) is 26.5 Å². The normalized spacial score (nSPS) is 11.3. The number of hydrogen-bond donors (Lipinski definition) is 3. The zero-order chi connectivity index (χ0) is 15.5. The Morgan fingerprint density at radius 2 is 2.10 bits per heavy atom. The predicted molar refractivity (Wildman–Crippen MR) is 75.7 cm³/mol. The quantitative estimate of drug-likeness (QED) is 0.746. The van der Waals surface area contributed by atoms with Crippen LogP contribution in [0.4, 0.5) is 5.69 Å². The minimum absolute atomic E-state index is 0.00842. The summed E-state index contributed by atoms with van der Waals surface area (Å²) in [6, 6.07) is 7.13. The highest BCUT2D eigenvalue weighted by Crippen LogP contribution is 2.20. The van der Waals surface area contributed by atoms with E-state index in [4.69, 9.17) is 9.52 Å². The van der Waals surface area contributed by atoms with Gasteiger partial charge in [0.15, 0.2) is 0 Å². The average molecular weight is 310 g/mol. The number of benzene rings is 1. The number of anilines is 1. The van der Waals surface area contributed by atoms with Crippen LogP contribution < -0.4 is 10.0 Å². The molecule has 0 saturated carbocycles. The molecule has 1 heterocycles. The smallest absolute Gasteiger partial charge is 0.337 e. The van der Waals surface area contributed by atoms with Gasteiger partial charge in [0.25, 0.3) is 0 Å². The molecular formula is C13H14N2O5S. The molecule has 2 aromatic rings. The maximum absolute atomic E-state index is 12.1. The highest BCUT2D eigenvalue weighted by molar-refractivity contribution is 7.89. The number of rotatable bonds is 6. The highest BCUT2D eigenvalue weighted by Gasteiger charge is 2.18. The SMILES string of the molecule is CNc1ccc(S(=O)(=O)NCc2ccco2)cc1C(=O)O. The van der Waals surface area contributed by atoms with E-state index < -0.39 is 16.0 Å². The molecule has 0 fully saturated rings. The summed E-state index contributed by atoms with van der Waals surface area (Å²) in [5.41, 5.74) is 0.228. The number of sulfonamides is 1. The van der Waals surface area contributed by atoms with Gasteiger partial charge in [-0.3, -0.25) is 0 Å². The number of nitrogens with one attached hydrogen (secondary N) is 2. The van der Waals surface area contributed by atoms with E-state index in [0.29, 0.717) is 11.4 Å². The fourth-order valence-corrected chi connectivity index (χ4v) is 2.77. The Kier molecular flexibility index (Phi) is 4.29. The van der Waals surface area contributed by atoms with Crippen LogP contribution in [0.25, 0.3) is 0 Å². The van der Waals surface area contributed by atoms with Gasteiger partial charge in [0, 0.05) is 12.7 Å². The molecule has 0 atom stereocenters. The molecule has 0 aliphatic heterocycles. The zero-order valence-electron chi connectivity index (χ0n) is 11.2. The van der Waals surface area contributed by atoms with Crippen LogP contribution in [0.3, 0.4) is 0 Å². The van der Waals surface area contributed by atoms with Gasteiger partial charge in [-0.15, -0.1) is 0 Å². The number of carbonyl (C=O) groups is 1. The number of carboxylic acid groups (broad SMARTS) is 1. The molecule has 0 bridgehead atoms. The molecule has 0 unspecified atom stereocenters. The first-order chi connectivity index (χ1) is 9.94. The van der Waals surface area contributed by atoms with Crippen LogP contribution in [0, 0.1) is 0 Å². The Bertz CT molecular complexity index is 738. The van der Waals surface area contributed by atoms with Crippen molar-refractivity contribution in [3.8, 4) is 0 Å². The van der Waals surface area contributed by atoms with Gasteiger partial charge in [-0.2, -0.15) is 0 Å². The zero-order valence-corrected chi connectivity index (χ0v) is 12.0. The molecule has 0 spiro atoms. The summed E-state index contributed by atoms with van der Waals surface area (Å²) < 4.78 is 31.7. The van der Waals surface area contributed by atoms with Crippen molar-refractivity contribution in [3.05, 3.63) is 47.9 Å². The van der Waals surface area contributed by atoms with Crippen molar-refractivity contribution in [1.82, 2.24) is 4.72 Å². The van der Waals surface area contributed by atoms with E-state index in [0.717, 1.165) is 6.07 Å². The molecule has 1 aromatic carbocycles. The third kappa shape index (κ3) is 3.41. The Morgan fingerprint density at radius 1 is 1.33 bits per heavy atom. The second-order valence-electron chi connectivity index (χ2n) is 4.17. The summed E-state index contributed by atoms with van der Waals surface area (Å²) in [7, 11) is -2.26. The molecule has 7 nitrogen and oxygen atoms in total. The van der Waals surface area contributed by atoms with Crippen molar-refractivity contribution in [3.63, 3.8) is 0 Å². The topological polar surface area (TPSA) is 109 Å². The van der Waals surface area contributed by atoms with Crippen molar-refractivity contribution in [2.24, 2.45) is 0 Å². The van der Waals surface area contributed by atoms with E-state index >= 15 is 0 Å². The van der Waals surface area contributed by atoms with Crippen molar-refractivity contribution in [1.29, 1.82) is 0 Å². The molecule has 112 valence electrons. The van der Waals surface area contributed by atoms with E-state index in [1.54, 1.807) is 19.2 Å². The van der Waals surface area contributed by atoms with Crippen molar-refractivity contribution >= 4 is 21.7 Å². The van der Waals surface area contributed by atoms with Gasteiger partial charge in [-0.05, 0) is 30.3 Å². The fraction of sp³-hybridized carbons (Fsp3) is 0.154. The summed E-state index contributed by atoms with van der Waals surface area (Å²) >= 11 is 0. The molecule has 3 N–H and O–H groups in total. The Labute approximate surface area is 121 Å². The molecule has 2 rings (SSSR count). The van der Waals surface area contributed by atoms with Crippen molar-refractivity contribution in [2.75, 3.05) is 12.4 Å². The van der Waals surface area contributed by atoms with Gasteiger partial charge in [0.2, 0.25) is 10.0 Å². The van der Waals surface area contributed by atoms with E-state index in [1.807, 2.05) is 0 Å². The summed E-state index contributed by atoms with van der Waals surface area (Å²) in [6.45, 7) is -0.00842. The molecule has 0 saturated heterocycles. The standard InChI is InChI=1S/C13H14N2O5S/c1-14-12-5-4-10(7-11(12)13(16)17)21(18,19)15-8-9-3-2-6-20-9/h2-7,14-15H,8H2,1H3,(H,16,17). The van der Waals surface area contributed by atoms with E-state index in [1.165, 1.54) is 18.4 Å². The highest BCUT2D eigenvalue weighted by atomic mass is 32.2. The van der Waals surface area contributed by atoms with Crippen LogP contribution in [0.5, 0.6) is 0 Å². The summed E-state index contributed by atoms with van der Waals surface area (Å²) in [4.78, 5) is 11.0. The molecule has 21 heavy (non-hydrogen) atoms. The second kappa shape index (κ2) is 5.98. The monoisotopic (exact) mass is 310 g/mol. The molecule has 0 radical (unpaired) electrons. The lowest BCUT2D eigenvalue weighted by molar-refractivity contribution is 0.0697. The largest absolute Gasteiger partial charge is 0.478 e. The summed E-state index contributed by atoms with van der Waals surface area (Å²) in [5, 5.41) is 11.8. The number of furan rings is 1. The summed E-state index contributed by atoms with van der Waals surface area (Å²) in [5.74, 6) is -0.744. The van der Waals surface area contributed by atoms with Crippen LogP contribution in [0.2, 0.25) is 0 Å². The first-order valence-corrected chi connectivity index (χ1v) is 7.49. The minimum Gasteiger partial charge on any atom is -0.478 e. The molecule has 1 aromatic heterocycles. The van der Waals surface area contributed by atoms with Crippen LogP contribution >= 0.6 is 0 Å². The van der Waals surface area contributed by atoms with E-state index in [2.05, 4.69) is 10.0 Å². The van der Waals surface area contributed by atoms with Crippen LogP contribution in [-0.2, 0) is 16.6 Å². The van der Waals surface area contributed by atoms with E-state index in [-0.39, 0.29) is 17.0 Å². The Morgan fingerprint density at radius 3 is 2.67 bits per heavy atom. The number of aromatic carboxylic acids is 1. The molecule has 0 amide bonds. The molecule has 0 aliphatic carbocycles. The van der Waals surface area contributed by atoms with Crippen molar-refractivity contribution in [2.45, 2.75) is 11.4 Å². The third-order valence-corrected chi connectivity index (χ3v) is 4.22. The van der Waals surface area contributed by atoms with Gasteiger partial charge in [-0.25, -0.2) is 17.9 Å². The second-order valence-corrected chi connectivity index (χ2v) is 5.93.